The zero-order valence-electron chi connectivity index (χ0n) is 10.5. The second kappa shape index (κ2) is 6.21. The van der Waals surface area contributed by atoms with Gasteiger partial charge >= 0.3 is 0 Å². The van der Waals surface area contributed by atoms with Gasteiger partial charge in [0.1, 0.15) is 6.10 Å². The number of amides is 1. The van der Waals surface area contributed by atoms with Gasteiger partial charge in [0.05, 0.1) is 0 Å². The molecule has 1 aliphatic carbocycles. The number of hydrogen-bond donors (Lipinski definition) is 1. The van der Waals surface area contributed by atoms with Crippen LogP contribution in [0.4, 0.5) is 0 Å². The Kier molecular flexibility index (Phi) is 4.61. The van der Waals surface area contributed by atoms with Crippen molar-refractivity contribution in [3.05, 3.63) is 34.9 Å². The summed E-state index contributed by atoms with van der Waals surface area (Å²) >= 11 is 6.12. The van der Waals surface area contributed by atoms with Crippen molar-refractivity contribution >= 4 is 17.5 Å². The number of methoxy groups -OCH3 is 1. The maximum absolute atomic E-state index is 11.8. The topological polar surface area (TPSA) is 38.3 Å². The Morgan fingerprint density at radius 3 is 2.78 bits per heavy atom. The molecular weight excluding hydrogens is 250 g/mol. The van der Waals surface area contributed by atoms with Crippen LogP contribution in [0.5, 0.6) is 0 Å². The number of carbonyl (C=O) groups is 1. The van der Waals surface area contributed by atoms with Gasteiger partial charge < -0.3 is 10.1 Å². The van der Waals surface area contributed by atoms with Crippen LogP contribution < -0.4 is 5.32 Å². The summed E-state index contributed by atoms with van der Waals surface area (Å²) in [4.78, 5) is 11.8. The summed E-state index contributed by atoms with van der Waals surface area (Å²) in [6.07, 6.45) is 2.99. The zero-order valence-corrected chi connectivity index (χ0v) is 11.2. The molecule has 18 heavy (non-hydrogen) atoms. The molecule has 1 amide bonds. The Labute approximate surface area is 112 Å². The molecule has 1 aromatic carbocycles. The van der Waals surface area contributed by atoms with Crippen molar-refractivity contribution in [3.8, 4) is 0 Å². The highest BCUT2D eigenvalue weighted by molar-refractivity contribution is 6.31. The summed E-state index contributed by atoms with van der Waals surface area (Å²) in [5, 5.41) is 3.61. The lowest BCUT2D eigenvalue weighted by atomic mass is 9.85. The molecule has 1 atom stereocenters. The van der Waals surface area contributed by atoms with Gasteiger partial charge in [-0.3, -0.25) is 4.79 Å². The minimum Gasteiger partial charge on any atom is -0.375 e. The SMILES string of the molecule is COC(CNC(=O)C1CCC1)c1ccccc1Cl. The molecule has 0 aliphatic heterocycles. The second-order valence-electron chi connectivity index (χ2n) is 4.62. The maximum atomic E-state index is 11.8. The summed E-state index contributed by atoms with van der Waals surface area (Å²) < 4.78 is 5.40. The number of hydrogen-bond acceptors (Lipinski definition) is 2. The van der Waals surface area contributed by atoms with Crippen LogP contribution in [0, 0.1) is 5.92 Å². The molecule has 98 valence electrons. The fourth-order valence-electron chi connectivity index (χ4n) is 2.06. The Morgan fingerprint density at radius 2 is 2.22 bits per heavy atom. The summed E-state index contributed by atoms with van der Waals surface area (Å²) in [7, 11) is 1.63. The van der Waals surface area contributed by atoms with E-state index in [-0.39, 0.29) is 17.9 Å². The minimum absolute atomic E-state index is 0.135. The molecule has 3 nitrogen and oxygen atoms in total. The standard InChI is InChI=1S/C14H18ClNO2/c1-18-13(11-7-2-3-8-12(11)15)9-16-14(17)10-5-4-6-10/h2-3,7-8,10,13H,4-6,9H2,1H3,(H,16,17). The van der Waals surface area contributed by atoms with E-state index in [1.54, 1.807) is 7.11 Å². The van der Waals surface area contributed by atoms with E-state index >= 15 is 0 Å². The van der Waals surface area contributed by atoms with Crippen molar-refractivity contribution in [1.29, 1.82) is 0 Å². The fraction of sp³-hybridized carbons (Fsp3) is 0.500. The molecule has 0 spiro atoms. The molecule has 0 bridgehead atoms. The third kappa shape index (κ3) is 3.03. The molecule has 1 unspecified atom stereocenters. The molecule has 1 fully saturated rings. The van der Waals surface area contributed by atoms with E-state index in [0.29, 0.717) is 11.6 Å². The van der Waals surface area contributed by atoms with Crippen molar-refractivity contribution in [3.63, 3.8) is 0 Å². The van der Waals surface area contributed by atoms with Crippen molar-refractivity contribution in [1.82, 2.24) is 5.32 Å². The molecule has 0 radical (unpaired) electrons. The Morgan fingerprint density at radius 1 is 1.50 bits per heavy atom. The number of carbonyl (C=O) groups excluding carboxylic acids is 1. The lowest BCUT2D eigenvalue weighted by Crippen LogP contribution is -2.37. The fourth-order valence-corrected chi connectivity index (χ4v) is 2.32. The van der Waals surface area contributed by atoms with Crippen LogP contribution in [0.1, 0.15) is 30.9 Å². The van der Waals surface area contributed by atoms with Gasteiger partial charge in [-0.15, -0.1) is 0 Å². The van der Waals surface area contributed by atoms with Gasteiger partial charge in [-0.1, -0.05) is 36.2 Å². The molecule has 0 saturated heterocycles. The predicted octanol–water partition coefficient (Wildman–Crippen LogP) is 2.94. The molecule has 4 heteroatoms. The van der Waals surface area contributed by atoms with Gasteiger partial charge in [-0.2, -0.15) is 0 Å². The summed E-state index contributed by atoms with van der Waals surface area (Å²) in [5.74, 6) is 0.337. The van der Waals surface area contributed by atoms with E-state index in [2.05, 4.69) is 5.32 Å². The molecule has 0 aromatic heterocycles. The third-order valence-electron chi connectivity index (χ3n) is 3.47. The van der Waals surface area contributed by atoms with E-state index in [9.17, 15) is 4.79 Å². The first-order valence-electron chi connectivity index (χ1n) is 6.27. The molecule has 1 saturated carbocycles. The molecule has 1 N–H and O–H groups in total. The van der Waals surface area contributed by atoms with Crippen LogP contribution in [0.2, 0.25) is 5.02 Å². The van der Waals surface area contributed by atoms with Crippen molar-refractivity contribution in [2.24, 2.45) is 5.92 Å². The molecule has 2 rings (SSSR count). The highest BCUT2D eigenvalue weighted by atomic mass is 35.5. The Hall–Kier alpha value is -1.06. The zero-order chi connectivity index (χ0) is 13.0. The number of benzene rings is 1. The van der Waals surface area contributed by atoms with Crippen LogP contribution in [0.3, 0.4) is 0 Å². The van der Waals surface area contributed by atoms with Crippen molar-refractivity contribution < 1.29 is 9.53 Å². The molecular formula is C14H18ClNO2. The van der Waals surface area contributed by atoms with Crippen molar-refractivity contribution in [2.45, 2.75) is 25.4 Å². The summed E-state index contributed by atoms with van der Waals surface area (Å²) in [6.45, 7) is 0.468. The van der Waals surface area contributed by atoms with Gasteiger partial charge in [0.2, 0.25) is 5.91 Å². The average molecular weight is 268 g/mol. The van der Waals surface area contributed by atoms with E-state index in [4.69, 9.17) is 16.3 Å². The minimum atomic E-state index is -0.192. The van der Waals surface area contributed by atoms with Gasteiger partial charge in [-0.25, -0.2) is 0 Å². The molecule has 0 heterocycles. The first-order valence-corrected chi connectivity index (χ1v) is 6.65. The van der Waals surface area contributed by atoms with Gasteiger partial charge in [-0.05, 0) is 18.9 Å². The Balaban J connectivity index is 1.93. The van der Waals surface area contributed by atoms with Crippen LogP contribution in [-0.2, 0) is 9.53 Å². The number of halogens is 1. The van der Waals surface area contributed by atoms with Crippen LogP contribution in [0.15, 0.2) is 24.3 Å². The lowest BCUT2D eigenvalue weighted by Gasteiger charge is -2.25. The highest BCUT2D eigenvalue weighted by Crippen LogP contribution is 2.27. The van der Waals surface area contributed by atoms with E-state index in [0.717, 1.165) is 24.8 Å². The lowest BCUT2D eigenvalue weighted by molar-refractivity contribution is -0.127. The highest BCUT2D eigenvalue weighted by Gasteiger charge is 2.25. The van der Waals surface area contributed by atoms with Gasteiger partial charge in [0.15, 0.2) is 0 Å². The van der Waals surface area contributed by atoms with Gasteiger partial charge in [0, 0.05) is 30.2 Å². The summed E-state index contributed by atoms with van der Waals surface area (Å²) in [5.41, 5.74) is 0.913. The molecule has 1 aromatic rings. The van der Waals surface area contributed by atoms with E-state index in [1.807, 2.05) is 24.3 Å². The van der Waals surface area contributed by atoms with Crippen LogP contribution >= 0.6 is 11.6 Å². The number of ether oxygens (including phenoxy) is 1. The normalized spacial score (nSPS) is 17.0. The Bertz CT molecular complexity index is 418. The molecule has 1 aliphatic rings. The van der Waals surface area contributed by atoms with Crippen molar-refractivity contribution in [2.75, 3.05) is 13.7 Å². The van der Waals surface area contributed by atoms with Crippen LogP contribution in [-0.4, -0.2) is 19.6 Å². The quantitative estimate of drug-likeness (QED) is 0.891. The van der Waals surface area contributed by atoms with E-state index < -0.39 is 0 Å². The predicted molar refractivity (Wildman–Crippen MR) is 71.6 cm³/mol. The van der Waals surface area contributed by atoms with Gasteiger partial charge in [0.25, 0.3) is 0 Å². The first-order chi connectivity index (χ1) is 8.72. The van der Waals surface area contributed by atoms with Crippen LogP contribution in [0.25, 0.3) is 0 Å². The number of nitrogens with one attached hydrogen (secondary N) is 1. The largest absolute Gasteiger partial charge is 0.375 e. The number of rotatable bonds is 5. The first kappa shape index (κ1) is 13.4. The maximum Gasteiger partial charge on any atom is 0.223 e. The van der Waals surface area contributed by atoms with E-state index in [1.165, 1.54) is 0 Å². The monoisotopic (exact) mass is 267 g/mol. The summed E-state index contributed by atoms with van der Waals surface area (Å²) in [6, 6.07) is 7.55. The smallest absolute Gasteiger partial charge is 0.223 e. The average Bonchev–Trinajstić information content (AvgIpc) is 2.29. The second-order valence-corrected chi connectivity index (χ2v) is 5.03. The third-order valence-corrected chi connectivity index (χ3v) is 3.82.